The molecule has 4 aromatic rings. The minimum atomic E-state index is -1.18. The summed E-state index contributed by atoms with van der Waals surface area (Å²) in [6, 6.07) is 23.9. The molecule has 1 fully saturated rings. The summed E-state index contributed by atoms with van der Waals surface area (Å²) < 4.78 is 20.2. The molecule has 4 nitrogen and oxygen atoms in total. The van der Waals surface area contributed by atoms with Crippen molar-refractivity contribution in [3.63, 3.8) is 0 Å². The molecule has 2 heterocycles. The first-order chi connectivity index (χ1) is 16.4. The SMILES string of the molecule is CC1(F)CCN(C(=O)c2ccc(-c3cc(-c4ccccc4)c4oc(CCO)cc4c3)cc2)CC1. The van der Waals surface area contributed by atoms with Gasteiger partial charge in [0.25, 0.3) is 5.91 Å². The van der Waals surface area contributed by atoms with Crippen LogP contribution < -0.4 is 0 Å². The zero-order valence-electron chi connectivity index (χ0n) is 19.3. The number of hydrogen-bond donors (Lipinski definition) is 1. The quantitative estimate of drug-likeness (QED) is 0.385. The van der Waals surface area contributed by atoms with Crippen LogP contribution in [0, 0.1) is 0 Å². The number of nitrogens with zero attached hydrogens (tertiary/aromatic N) is 1. The van der Waals surface area contributed by atoms with Crippen LogP contribution in [0.4, 0.5) is 4.39 Å². The van der Waals surface area contributed by atoms with Gasteiger partial charge in [-0.1, -0.05) is 42.5 Å². The van der Waals surface area contributed by atoms with Crippen molar-refractivity contribution in [3.05, 3.63) is 84.1 Å². The predicted molar refractivity (Wildman–Crippen MR) is 133 cm³/mol. The molecule has 0 saturated carbocycles. The number of aliphatic hydroxyl groups is 1. The lowest BCUT2D eigenvalue weighted by Crippen LogP contribution is -2.43. The predicted octanol–water partition coefficient (Wildman–Crippen LogP) is 6.27. The molecule has 0 spiro atoms. The fraction of sp³-hybridized carbons (Fsp3) is 0.276. The summed E-state index contributed by atoms with van der Waals surface area (Å²) in [5, 5.41) is 10.3. The summed E-state index contributed by atoms with van der Waals surface area (Å²) in [7, 11) is 0. The lowest BCUT2D eigenvalue weighted by atomic mass is 9.94. The second-order valence-electron chi connectivity index (χ2n) is 9.28. The van der Waals surface area contributed by atoms with Crippen LogP contribution >= 0.6 is 0 Å². The van der Waals surface area contributed by atoms with E-state index in [1.165, 1.54) is 0 Å². The fourth-order valence-electron chi connectivity index (χ4n) is 4.60. The maximum Gasteiger partial charge on any atom is 0.253 e. The second-order valence-corrected chi connectivity index (χ2v) is 9.28. The van der Waals surface area contributed by atoms with Gasteiger partial charge in [0, 0.05) is 36.0 Å². The van der Waals surface area contributed by atoms with Crippen molar-refractivity contribution >= 4 is 16.9 Å². The Hall–Kier alpha value is -3.44. The Bertz CT molecular complexity index is 1300. The molecule has 5 rings (SSSR count). The Kier molecular flexibility index (Phi) is 5.96. The van der Waals surface area contributed by atoms with Gasteiger partial charge in [0.15, 0.2) is 0 Å². The van der Waals surface area contributed by atoms with Gasteiger partial charge in [-0.2, -0.15) is 0 Å². The highest BCUT2D eigenvalue weighted by Crippen LogP contribution is 2.36. The molecular weight excluding hydrogens is 429 g/mol. The van der Waals surface area contributed by atoms with Crippen LogP contribution in [0.1, 0.15) is 35.9 Å². The molecule has 0 unspecified atom stereocenters. The van der Waals surface area contributed by atoms with Gasteiger partial charge in [0.1, 0.15) is 17.0 Å². The van der Waals surface area contributed by atoms with E-state index in [9.17, 15) is 14.3 Å². The maximum atomic E-state index is 14.1. The number of fused-ring (bicyclic) bond motifs is 1. The van der Waals surface area contributed by atoms with E-state index in [0.29, 0.717) is 37.9 Å². The molecule has 1 saturated heterocycles. The number of alkyl halides is 1. The molecule has 1 aliphatic heterocycles. The minimum Gasteiger partial charge on any atom is -0.460 e. The molecular formula is C29H28FNO3. The van der Waals surface area contributed by atoms with E-state index in [4.69, 9.17) is 4.42 Å². The molecule has 174 valence electrons. The van der Waals surface area contributed by atoms with Gasteiger partial charge < -0.3 is 14.4 Å². The number of hydrogen-bond acceptors (Lipinski definition) is 3. The Morgan fingerprint density at radius 2 is 1.68 bits per heavy atom. The molecule has 3 aromatic carbocycles. The number of rotatable bonds is 5. The van der Waals surface area contributed by atoms with Crippen molar-refractivity contribution in [2.75, 3.05) is 19.7 Å². The third-order valence-corrected chi connectivity index (χ3v) is 6.67. The first-order valence-corrected chi connectivity index (χ1v) is 11.7. The first kappa shape index (κ1) is 22.4. The zero-order chi connectivity index (χ0) is 23.7. The number of halogens is 1. The summed E-state index contributed by atoms with van der Waals surface area (Å²) in [6.45, 7) is 2.53. The first-order valence-electron chi connectivity index (χ1n) is 11.7. The molecule has 0 radical (unpaired) electrons. The Balaban J connectivity index is 1.47. The number of aliphatic hydroxyl groups excluding tert-OH is 1. The molecule has 1 aromatic heterocycles. The molecule has 1 N–H and O–H groups in total. The van der Waals surface area contributed by atoms with Gasteiger partial charge in [-0.15, -0.1) is 0 Å². The van der Waals surface area contributed by atoms with E-state index in [1.807, 2.05) is 48.5 Å². The largest absolute Gasteiger partial charge is 0.460 e. The summed E-state index contributed by atoms with van der Waals surface area (Å²) in [4.78, 5) is 14.6. The summed E-state index contributed by atoms with van der Waals surface area (Å²) in [6.07, 6.45) is 1.22. The van der Waals surface area contributed by atoms with E-state index < -0.39 is 5.67 Å². The summed E-state index contributed by atoms with van der Waals surface area (Å²) in [5.41, 5.74) is 4.29. The van der Waals surface area contributed by atoms with Gasteiger partial charge >= 0.3 is 0 Å². The van der Waals surface area contributed by atoms with Crippen LogP contribution in [-0.4, -0.2) is 41.3 Å². The third-order valence-electron chi connectivity index (χ3n) is 6.67. The molecule has 34 heavy (non-hydrogen) atoms. The molecule has 0 atom stereocenters. The van der Waals surface area contributed by atoms with Crippen molar-refractivity contribution < 1.29 is 18.7 Å². The number of carbonyl (C=O) groups excluding carboxylic acids is 1. The second kappa shape index (κ2) is 9.07. The number of benzene rings is 3. The Labute approximate surface area is 198 Å². The van der Waals surface area contributed by atoms with Gasteiger partial charge in [0.2, 0.25) is 0 Å². The van der Waals surface area contributed by atoms with Gasteiger partial charge in [-0.3, -0.25) is 4.79 Å². The van der Waals surface area contributed by atoms with Gasteiger partial charge in [-0.05, 0) is 66.8 Å². The number of furan rings is 1. The zero-order valence-corrected chi connectivity index (χ0v) is 19.3. The fourth-order valence-corrected chi connectivity index (χ4v) is 4.60. The number of likely N-dealkylation sites (tertiary alicyclic amines) is 1. The maximum absolute atomic E-state index is 14.1. The topological polar surface area (TPSA) is 53.7 Å². The monoisotopic (exact) mass is 457 g/mol. The van der Waals surface area contributed by atoms with Crippen LogP contribution in [0.2, 0.25) is 0 Å². The lowest BCUT2D eigenvalue weighted by Gasteiger charge is -2.34. The summed E-state index contributed by atoms with van der Waals surface area (Å²) in [5.74, 6) is 0.699. The smallest absolute Gasteiger partial charge is 0.253 e. The van der Waals surface area contributed by atoms with Crippen molar-refractivity contribution in [2.24, 2.45) is 0 Å². The van der Waals surface area contributed by atoms with Crippen LogP contribution in [0.5, 0.6) is 0 Å². The minimum absolute atomic E-state index is 0.0322. The van der Waals surface area contributed by atoms with E-state index >= 15 is 0 Å². The van der Waals surface area contributed by atoms with E-state index in [0.717, 1.165) is 39.0 Å². The average Bonchev–Trinajstić information content (AvgIpc) is 3.26. The van der Waals surface area contributed by atoms with Crippen molar-refractivity contribution in [3.8, 4) is 22.3 Å². The molecule has 0 bridgehead atoms. The van der Waals surface area contributed by atoms with Crippen molar-refractivity contribution in [2.45, 2.75) is 31.9 Å². The number of piperidine rings is 1. The molecule has 5 heteroatoms. The highest BCUT2D eigenvalue weighted by Gasteiger charge is 2.31. The Morgan fingerprint density at radius 1 is 0.971 bits per heavy atom. The van der Waals surface area contributed by atoms with E-state index in [-0.39, 0.29) is 12.5 Å². The van der Waals surface area contributed by atoms with E-state index in [2.05, 4.69) is 24.3 Å². The number of amides is 1. The lowest BCUT2D eigenvalue weighted by molar-refractivity contribution is 0.0504. The molecule has 1 aliphatic rings. The average molecular weight is 458 g/mol. The molecule has 1 amide bonds. The van der Waals surface area contributed by atoms with Crippen molar-refractivity contribution in [1.29, 1.82) is 0 Å². The third kappa shape index (κ3) is 4.48. The van der Waals surface area contributed by atoms with Crippen molar-refractivity contribution in [1.82, 2.24) is 4.90 Å². The standard InChI is InChI=1S/C29H28FNO3/c1-29(30)12-14-31(15-13-29)28(33)22-9-7-20(8-10-22)23-17-24-18-25(11-16-32)34-27(24)26(19-23)21-5-3-2-4-6-21/h2-10,17-19,32H,11-16H2,1H3. The normalized spacial score (nSPS) is 15.6. The summed E-state index contributed by atoms with van der Waals surface area (Å²) >= 11 is 0. The van der Waals surface area contributed by atoms with Crippen LogP contribution in [0.25, 0.3) is 33.2 Å². The van der Waals surface area contributed by atoms with Crippen LogP contribution in [-0.2, 0) is 6.42 Å². The van der Waals surface area contributed by atoms with E-state index in [1.54, 1.807) is 11.8 Å². The van der Waals surface area contributed by atoms with Gasteiger partial charge in [-0.25, -0.2) is 4.39 Å². The molecule has 0 aliphatic carbocycles. The highest BCUT2D eigenvalue weighted by molar-refractivity contribution is 5.98. The van der Waals surface area contributed by atoms with Crippen LogP contribution in [0.3, 0.4) is 0 Å². The van der Waals surface area contributed by atoms with Crippen LogP contribution in [0.15, 0.2) is 77.2 Å². The number of carbonyl (C=O) groups is 1. The Morgan fingerprint density at radius 3 is 2.35 bits per heavy atom. The van der Waals surface area contributed by atoms with Gasteiger partial charge in [0.05, 0.1) is 6.61 Å². The highest BCUT2D eigenvalue weighted by atomic mass is 19.1.